The average Bonchev–Trinajstić information content (AvgIpc) is 2.65. The van der Waals surface area contributed by atoms with E-state index < -0.39 is 0 Å². The molecule has 0 aliphatic heterocycles. The quantitative estimate of drug-likeness (QED) is 0.314. The number of allylic oxidation sites excluding steroid dienone is 4. The van der Waals surface area contributed by atoms with Crippen LogP contribution in [0.25, 0.3) is 0 Å². The Hall–Kier alpha value is -2.08. The number of hydrogen-bond acceptors (Lipinski definition) is 0. The predicted molar refractivity (Wildman–Crippen MR) is 120 cm³/mol. The molecule has 0 bridgehead atoms. The van der Waals surface area contributed by atoms with Crippen LogP contribution in [0.5, 0.6) is 0 Å². The maximum absolute atomic E-state index is 2.43. The van der Waals surface area contributed by atoms with Gasteiger partial charge in [0.25, 0.3) is 0 Å². The molecule has 0 radical (unpaired) electrons. The summed E-state index contributed by atoms with van der Waals surface area (Å²) < 4.78 is 0. The average molecular weight is 361 g/mol. The minimum atomic E-state index is 0.157. The minimum absolute atomic E-state index is 0.157. The van der Waals surface area contributed by atoms with Crippen LogP contribution in [0, 0.1) is 6.92 Å². The van der Waals surface area contributed by atoms with Crippen molar-refractivity contribution in [1.82, 2.24) is 0 Å². The van der Waals surface area contributed by atoms with E-state index in [4.69, 9.17) is 0 Å². The fourth-order valence-corrected chi connectivity index (χ4v) is 3.61. The molecule has 27 heavy (non-hydrogen) atoms. The molecule has 0 saturated carbocycles. The van der Waals surface area contributed by atoms with Crippen molar-refractivity contribution in [2.75, 3.05) is 0 Å². The largest absolute Gasteiger partial charge is 0.0856 e. The second-order valence-corrected chi connectivity index (χ2v) is 8.50. The highest BCUT2D eigenvalue weighted by Crippen LogP contribution is 2.34. The molecule has 0 spiro atoms. The molecular formula is C27H36. The Kier molecular flexibility index (Phi) is 8.10. The van der Waals surface area contributed by atoms with E-state index in [2.05, 4.69) is 101 Å². The summed E-state index contributed by atoms with van der Waals surface area (Å²) >= 11 is 0. The number of aryl methyl sites for hydroxylation is 1. The molecule has 2 aromatic carbocycles. The van der Waals surface area contributed by atoms with Crippen molar-refractivity contribution in [3.8, 4) is 0 Å². The van der Waals surface area contributed by atoms with E-state index in [1.165, 1.54) is 34.3 Å². The third-order valence-corrected chi connectivity index (χ3v) is 5.47. The van der Waals surface area contributed by atoms with Crippen LogP contribution in [0.4, 0.5) is 0 Å². The lowest BCUT2D eigenvalue weighted by molar-refractivity contribution is 0.430. The Morgan fingerprint density at radius 3 is 2.11 bits per heavy atom. The van der Waals surface area contributed by atoms with Crippen molar-refractivity contribution in [1.29, 1.82) is 0 Å². The molecule has 0 aliphatic carbocycles. The van der Waals surface area contributed by atoms with Crippen LogP contribution in [0.1, 0.15) is 70.1 Å². The molecule has 0 heterocycles. The van der Waals surface area contributed by atoms with E-state index in [-0.39, 0.29) is 5.41 Å². The van der Waals surface area contributed by atoms with Gasteiger partial charge in [0.15, 0.2) is 0 Å². The molecule has 0 nitrogen and oxygen atoms in total. The number of rotatable bonds is 9. The van der Waals surface area contributed by atoms with Crippen molar-refractivity contribution in [3.63, 3.8) is 0 Å². The van der Waals surface area contributed by atoms with Gasteiger partial charge in [-0.05, 0) is 76.3 Å². The lowest BCUT2D eigenvalue weighted by atomic mass is 9.73. The van der Waals surface area contributed by atoms with E-state index in [0.717, 1.165) is 25.7 Å². The third kappa shape index (κ3) is 7.21. The number of hydrogen-bond donors (Lipinski definition) is 0. The summed E-state index contributed by atoms with van der Waals surface area (Å²) in [6, 6.07) is 20.1. The van der Waals surface area contributed by atoms with Crippen LogP contribution in [0.15, 0.2) is 77.9 Å². The van der Waals surface area contributed by atoms with Crippen molar-refractivity contribution >= 4 is 0 Å². The second-order valence-electron chi connectivity index (χ2n) is 8.50. The predicted octanol–water partition coefficient (Wildman–Crippen LogP) is 7.97. The first-order chi connectivity index (χ1) is 12.9. The summed E-state index contributed by atoms with van der Waals surface area (Å²) in [6.07, 6.45) is 10.5. The Labute approximate surface area is 167 Å². The second kappa shape index (κ2) is 10.3. The summed E-state index contributed by atoms with van der Waals surface area (Å²) in [5, 5.41) is 0. The van der Waals surface area contributed by atoms with Gasteiger partial charge >= 0.3 is 0 Å². The van der Waals surface area contributed by atoms with Crippen LogP contribution in [-0.4, -0.2) is 0 Å². The van der Waals surface area contributed by atoms with E-state index in [0.29, 0.717) is 0 Å². The molecule has 1 atom stereocenters. The Balaban J connectivity index is 2.11. The summed E-state index contributed by atoms with van der Waals surface area (Å²) in [6.45, 7) is 11.2. The van der Waals surface area contributed by atoms with Gasteiger partial charge in [0.2, 0.25) is 0 Å². The Morgan fingerprint density at radius 1 is 0.852 bits per heavy atom. The maximum atomic E-state index is 2.43. The van der Waals surface area contributed by atoms with Crippen LogP contribution >= 0.6 is 0 Å². The molecule has 144 valence electrons. The summed E-state index contributed by atoms with van der Waals surface area (Å²) in [7, 11) is 0. The maximum Gasteiger partial charge on any atom is -0.00319 e. The standard InChI is InChI=1S/C27H36/c1-22(2)11-9-10-12-23(3)19-20-27(5,21-25-13-7-6-8-14-25)26-17-15-24(4)16-18-26/h6-8,11-18H,9-10,19-21H2,1-5H3/b23-12+. The van der Waals surface area contributed by atoms with Crippen molar-refractivity contribution in [2.24, 2.45) is 0 Å². The van der Waals surface area contributed by atoms with Crippen LogP contribution in [0.2, 0.25) is 0 Å². The molecule has 1 unspecified atom stereocenters. The summed E-state index contributed by atoms with van der Waals surface area (Å²) in [5.41, 5.74) is 7.29. The monoisotopic (exact) mass is 360 g/mol. The van der Waals surface area contributed by atoms with Gasteiger partial charge in [-0.25, -0.2) is 0 Å². The molecular weight excluding hydrogens is 324 g/mol. The minimum Gasteiger partial charge on any atom is -0.0856 e. The lowest BCUT2D eigenvalue weighted by Gasteiger charge is -2.31. The highest BCUT2D eigenvalue weighted by atomic mass is 14.3. The van der Waals surface area contributed by atoms with Crippen LogP contribution in [-0.2, 0) is 11.8 Å². The molecule has 2 aromatic rings. The summed E-state index contributed by atoms with van der Waals surface area (Å²) in [5.74, 6) is 0. The van der Waals surface area contributed by atoms with Crippen LogP contribution < -0.4 is 0 Å². The SMILES string of the molecule is CC(C)=CCC/C=C(\C)CCC(C)(Cc1ccccc1)c1ccc(C)cc1. The fourth-order valence-electron chi connectivity index (χ4n) is 3.61. The van der Waals surface area contributed by atoms with E-state index in [9.17, 15) is 0 Å². The highest BCUT2D eigenvalue weighted by molar-refractivity contribution is 5.31. The normalized spacial score (nSPS) is 13.9. The van der Waals surface area contributed by atoms with Gasteiger partial charge in [-0.2, -0.15) is 0 Å². The lowest BCUT2D eigenvalue weighted by Crippen LogP contribution is -2.25. The zero-order valence-corrected chi connectivity index (χ0v) is 17.9. The van der Waals surface area contributed by atoms with E-state index in [1.54, 1.807) is 0 Å². The topological polar surface area (TPSA) is 0 Å². The molecule has 0 heteroatoms. The van der Waals surface area contributed by atoms with Crippen molar-refractivity contribution in [2.45, 2.75) is 72.1 Å². The zero-order chi connectivity index (χ0) is 19.7. The smallest absolute Gasteiger partial charge is 0.00319 e. The van der Waals surface area contributed by atoms with Gasteiger partial charge in [-0.3, -0.25) is 0 Å². The number of benzene rings is 2. The van der Waals surface area contributed by atoms with Gasteiger partial charge in [0.05, 0.1) is 0 Å². The third-order valence-electron chi connectivity index (χ3n) is 5.47. The Morgan fingerprint density at radius 2 is 1.48 bits per heavy atom. The fraction of sp³-hybridized carbons (Fsp3) is 0.407. The first-order valence-electron chi connectivity index (χ1n) is 10.3. The molecule has 0 fully saturated rings. The first-order valence-corrected chi connectivity index (χ1v) is 10.3. The Bertz CT molecular complexity index is 742. The van der Waals surface area contributed by atoms with Crippen molar-refractivity contribution in [3.05, 3.63) is 94.6 Å². The molecule has 0 N–H and O–H groups in total. The van der Waals surface area contributed by atoms with E-state index in [1.807, 2.05) is 0 Å². The van der Waals surface area contributed by atoms with Gasteiger partial charge in [-0.1, -0.05) is 90.4 Å². The first kappa shape index (κ1) is 21.2. The van der Waals surface area contributed by atoms with Gasteiger partial charge in [0.1, 0.15) is 0 Å². The van der Waals surface area contributed by atoms with Crippen LogP contribution in [0.3, 0.4) is 0 Å². The highest BCUT2D eigenvalue weighted by Gasteiger charge is 2.26. The molecule has 2 rings (SSSR count). The molecule has 0 aromatic heterocycles. The summed E-state index contributed by atoms with van der Waals surface area (Å²) in [4.78, 5) is 0. The zero-order valence-electron chi connectivity index (χ0n) is 17.9. The van der Waals surface area contributed by atoms with Gasteiger partial charge in [-0.15, -0.1) is 0 Å². The van der Waals surface area contributed by atoms with Gasteiger partial charge in [0, 0.05) is 0 Å². The van der Waals surface area contributed by atoms with Crippen molar-refractivity contribution < 1.29 is 0 Å². The molecule has 0 amide bonds. The molecule has 0 aliphatic rings. The molecule has 0 saturated heterocycles. The number of unbranched alkanes of at least 4 members (excludes halogenated alkanes) is 1. The van der Waals surface area contributed by atoms with E-state index >= 15 is 0 Å². The van der Waals surface area contributed by atoms with Gasteiger partial charge < -0.3 is 0 Å².